The van der Waals surface area contributed by atoms with Gasteiger partial charge in [-0.1, -0.05) is 58.0 Å². The van der Waals surface area contributed by atoms with Crippen molar-refractivity contribution in [2.75, 3.05) is 7.11 Å². The molecule has 0 aliphatic rings. The first kappa shape index (κ1) is 21.3. The van der Waals surface area contributed by atoms with Crippen LogP contribution in [0.4, 0.5) is 0 Å². The van der Waals surface area contributed by atoms with E-state index < -0.39 is 0 Å². The monoisotopic (exact) mass is 493 g/mol. The fourth-order valence-corrected chi connectivity index (χ4v) is 4.35. The van der Waals surface area contributed by atoms with Gasteiger partial charge in [0.1, 0.15) is 5.75 Å². The number of ketones is 1. The van der Waals surface area contributed by atoms with E-state index in [1.54, 1.807) is 31.4 Å². The summed E-state index contributed by atoms with van der Waals surface area (Å²) in [5.41, 5.74) is 2.53. The molecule has 4 aromatic rings. The molecule has 0 saturated carbocycles. The molecule has 4 rings (SSSR count). The van der Waals surface area contributed by atoms with Crippen LogP contribution in [-0.2, 0) is 0 Å². The van der Waals surface area contributed by atoms with Gasteiger partial charge in [0.25, 0.3) is 0 Å². The zero-order valence-corrected chi connectivity index (χ0v) is 19.4. The number of para-hydroxylation sites is 1. The van der Waals surface area contributed by atoms with Gasteiger partial charge in [0, 0.05) is 21.3 Å². The number of methoxy groups -OCH3 is 1. The molecule has 0 aliphatic heterocycles. The Labute approximate surface area is 193 Å². The Bertz CT molecular complexity index is 1180. The number of nitrogens with zero attached hydrogens (tertiary/aromatic N) is 3. The average Bonchev–Trinajstić information content (AvgIpc) is 3.23. The summed E-state index contributed by atoms with van der Waals surface area (Å²) in [5.74, 6) is 1.48. The molecule has 0 aliphatic carbocycles. The molecule has 0 N–H and O–H groups in total. The number of aromatic nitrogens is 3. The molecule has 0 radical (unpaired) electrons. The first-order valence-corrected chi connectivity index (χ1v) is 11.4. The van der Waals surface area contributed by atoms with Crippen molar-refractivity contribution in [1.29, 1.82) is 0 Å². The minimum absolute atomic E-state index is 0.0282. The normalized spacial score (nSPS) is 11.8. The van der Waals surface area contributed by atoms with Gasteiger partial charge in [-0.15, -0.1) is 10.2 Å². The third kappa shape index (κ3) is 4.73. The number of carbonyl (C=O) groups excluding carboxylic acids is 1. The maximum atomic E-state index is 13.0. The third-order valence-electron chi connectivity index (χ3n) is 4.78. The highest BCUT2D eigenvalue weighted by molar-refractivity contribution is 9.10. The Hall–Kier alpha value is -2.90. The smallest absolute Gasteiger partial charge is 0.196 e. The third-order valence-corrected chi connectivity index (χ3v) is 6.35. The first-order valence-electron chi connectivity index (χ1n) is 9.68. The lowest BCUT2D eigenvalue weighted by Crippen LogP contribution is -2.14. The van der Waals surface area contributed by atoms with E-state index in [1.807, 2.05) is 66.1 Å². The number of hydrogen-bond donors (Lipinski definition) is 0. The van der Waals surface area contributed by atoms with Gasteiger partial charge in [0.15, 0.2) is 16.8 Å². The number of hydrogen-bond acceptors (Lipinski definition) is 5. The van der Waals surface area contributed by atoms with Crippen molar-refractivity contribution in [3.63, 3.8) is 0 Å². The Balaban J connectivity index is 1.67. The van der Waals surface area contributed by atoms with Crippen molar-refractivity contribution in [3.8, 4) is 22.8 Å². The number of rotatable bonds is 7. The van der Waals surface area contributed by atoms with E-state index in [-0.39, 0.29) is 11.0 Å². The molecule has 0 unspecified atom stereocenters. The van der Waals surface area contributed by atoms with E-state index >= 15 is 0 Å². The summed E-state index contributed by atoms with van der Waals surface area (Å²) in [7, 11) is 1.61. The molecule has 0 saturated heterocycles. The molecule has 31 heavy (non-hydrogen) atoms. The lowest BCUT2D eigenvalue weighted by molar-refractivity contribution is 0.0994. The molecular weight excluding hydrogens is 474 g/mol. The molecule has 156 valence electrons. The SMILES string of the molecule is COc1ccc(C(=O)[C@@H](C)Sc2nnc(-c3ccc(Br)cc3)n2-c2ccccc2)cc1. The molecule has 1 atom stereocenters. The van der Waals surface area contributed by atoms with Crippen molar-refractivity contribution in [3.05, 3.63) is 88.9 Å². The van der Waals surface area contributed by atoms with Crippen LogP contribution in [0.1, 0.15) is 17.3 Å². The van der Waals surface area contributed by atoms with E-state index in [9.17, 15) is 4.79 Å². The standard InChI is InChI=1S/C24H20BrN3O2S/c1-16(22(29)17-10-14-21(30-2)15-11-17)31-24-27-26-23(18-8-12-19(25)13-9-18)28(24)20-6-4-3-5-7-20/h3-16H,1-2H3/t16-/m1/s1. The maximum absolute atomic E-state index is 13.0. The van der Waals surface area contributed by atoms with Gasteiger partial charge in [-0.2, -0.15) is 0 Å². The largest absolute Gasteiger partial charge is 0.497 e. The van der Waals surface area contributed by atoms with Crippen LogP contribution in [0.5, 0.6) is 5.75 Å². The van der Waals surface area contributed by atoms with Crippen LogP contribution in [0.2, 0.25) is 0 Å². The van der Waals surface area contributed by atoms with Crippen LogP contribution in [0.3, 0.4) is 0 Å². The van der Waals surface area contributed by atoms with Gasteiger partial charge in [0.2, 0.25) is 0 Å². The highest BCUT2D eigenvalue weighted by atomic mass is 79.9. The molecule has 7 heteroatoms. The number of halogens is 1. The lowest BCUT2D eigenvalue weighted by atomic mass is 10.1. The fourth-order valence-electron chi connectivity index (χ4n) is 3.14. The molecular formula is C24H20BrN3O2S. The van der Waals surface area contributed by atoms with E-state index in [4.69, 9.17) is 4.74 Å². The van der Waals surface area contributed by atoms with E-state index in [2.05, 4.69) is 26.1 Å². The van der Waals surface area contributed by atoms with E-state index in [0.29, 0.717) is 10.7 Å². The molecule has 0 fully saturated rings. The quantitative estimate of drug-likeness (QED) is 0.231. The number of carbonyl (C=O) groups is 1. The predicted molar refractivity (Wildman–Crippen MR) is 127 cm³/mol. The van der Waals surface area contributed by atoms with Crippen molar-refractivity contribution in [1.82, 2.24) is 14.8 Å². The number of Topliss-reactive ketones (excluding diaryl/α,β-unsaturated/α-hetero) is 1. The van der Waals surface area contributed by atoms with E-state index in [1.165, 1.54) is 11.8 Å². The van der Waals surface area contributed by atoms with Gasteiger partial charge in [-0.05, 0) is 55.5 Å². The second-order valence-corrected chi connectivity index (χ2v) is 9.06. The molecule has 0 spiro atoms. The molecule has 1 heterocycles. The van der Waals surface area contributed by atoms with Gasteiger partial charge in [-0.25, -0.2) is 0 Å². The topological polar surface area (TPSA) is 57.0 Å². The summed E-state index contributed by atoms with van der Waals surface area (Å²) in [6.45, 7) is 1.89. The number of benzene rings is 3. The van der Waals surface area contributed by atoms with Crippen molar-refractivity contribution in [2.45, 2.75) is 17.3 Å². The zero-order chi connectivity index (χ0) is 21.8. The zero-order valence-electron chi connectivity index (χ0n) is 17.0. The minimum Gasteiger partial charge on any atom is -0.497 e. The lowest BCUT2D eigenvalue weighted by Gasteiger charge is -2.13. The maximum Gasteiger partial charge on any atom is 0.196 e. The van der Waals surface area contributed by atoms with Crippen LogP contribution in [-0.4, -0.2) is 32.9 Å². The Morgan fingerprint density at radius 3 is 2.29 bits per heavy atom. The molecule has 1 aromatic heterocycles. The fraction of sp³-hybridized carbons (Fsp3) is 0.125. The second kappa shape index (κ2) is 9.49. The van der Waals surface area contributed by atoms with Crippen molar-refractivity contribution >= 4 is 33.5 Å². The Morgan fingerprint density at radius 2 is 1.65 bits per heavy atom. The molecule has 5 nitrogen and oxygen atoms in total. The second-order valence-electron chi connectivity index (χ2n) is 6.84. The summed E-state index contributed by atoms with van der Waals surface area (Å²) in [4.78, 5) is 13.0. The van der Waals surface area contributed by atoms with Gasteiger partial charge in [0.05, 0.1) is 12.4 Å². The summed E-state index contributed by atoms with van der Waals surface area (Å²) in [6.07, 6.45) is 0. The van der Waals surface area contributed by atoms with Crippen LogP contribution in [0.25, 0.3) is 17.1 Å². The van der Waals surface area contributed by atoms with Crippen LogP contribution < -0.4 is 4.74 Å². The highest BCUT2D eigenvalue weighted by Crippen LogP contribution is 2.31. The highest BCUT2D eigenvalue weighted by Gasteiger charge is 2.22. The number of ether oxygens (including phenoxy) is 1. The average molecular weight is 494 g/mol. The van der Waals surface area contributed by atoms with Gasteiger partial charge < -0.3 is 4.74 Å². The van der Waals surface area contributed by atoms with Gasteiger partial charge >= 0.3 is 0 Å². The van der Waals surface area contributed by atoms with Gasteiger partial charge in [-0.3, -0.25) is 9.36 Å². The summed E-state index contributed by atoms with van der Waals surface area (Å²) in [6, 6.07) is 25.0. The van der Waals surface area contributed by atoms with E-state index in [0.717, 1.165) is 27.3 Å². The summed E-state index contributed by atoms with van der Waals surface area (Å²) >= 11 is 4.87. The molecule has 0 bridgehead atoms. The van der Waals surface area contributed by atoms with Crippen LogP contribution in [0.15, 0.2) is 88.5 Å². The van der Waals surface area contributed by atoms with Crippen molar-refractivity contribution in [2.24, 2.45) is 0 Å². The van der Waals surface area contributed by atoms with Crippen molar-refractivity contribution < 1.29 is 9.53 Å². The number of thioether (sulfide) groups is 1. The Kier molecular flexibility index (Phi) is 6.53. The minimum atomic E-state index is -0.335. The summed E-state index contributed by atoms with van der Waals surface area (Å²) < 4.78 is 8.17. The Morgan fingerprint density at radius 1 is 0.968 bits per heavy atom. The van der Waals surface area contributed by atoms with Crippen LogP contribution >= 0.6 is 27.7 Å². The van der Waals surface area contributed by atoms with Crippen LogP contribution in [0, 0.1) is 0 Å². The molecule has 0 amide bonds. The first-order chi connectivity index (χ1) is 15.1. The summed E-state index contributed by atoms with van der Waals surface area (Å²) in [5, 5.41) is 9.21. The predicted octanol–water partition coefficient (Wildman–Crippen LogP) is 6.07. The molecule has 3 aromatic carbocycles.